The van der Waals surface area contributed by atoms with E-state index >= 15 is 0 Å². The number of halogens is 2. The van der Waals surface area contributed by atoms with Gasteiger partial charge in [-0.1, -0.05) is 6.92 Å². The first kappa shape index (κ1) is 13.8. The third-order valence-corrected chi connectivity index (χ3v) is 3.40. The first-order valence-electron chi connectivity index (χ1n) is 6.37. The molecule has 1 fully saturated rings. The van der Waals surface area contributed by atoms with Crippen molar-refractivity contribution in [1.82, 2.24) is 4.90 Å². The van der Waals surface area contributed by atoms with Crippen LogP contribution in [0.25, 0.3) is 0 Å². The van der Waals surface area contributed by atoms with Crippen molar-refractivity contribution in [1.29, 1.82) is 0 Å². The summed E-state index contributed by atoms with van der Waals surface area (Å²) in [6.45, 7) is 2.98. The van der Waals surface area contributed by atoms with Gasteiger partial charge in [0, 0.05) is 43.1 Å². The summed E-state index contributed by atoms with van der Waals surface area (Å²) in [5, 5.41) is 0. The standard InChI is InChI=1S/C14H17F2NO2/c1-3-4-17-8-9(5-13(17)18)14-11(15)6-10(19-2)7-12(14)16/h6-7,9H,3-5,8H2,1-2H3/t9-/m0/s1. The fourth-order valence-electron chi connectivity index (χ4n) is 2.52. The van der Waals surface area contributed by atoms with Crippen LogP contribution in [0.2, 0.25) is 0 Å². The molecule has 19 heavy (non-hydrogen) atoms. The number of carbonyl (C=O) groups is 1. The van der Waals surface area contributed by atoms with Crippen LogP contribution in [-0.4, -0.2) is 31.0 Å². The lowest BCUT2D eigenvalue weighted by atomic mass is 9.97. The number of amides is 1. The molecular formula is C14H17F2NO2. The number of rotatable bonds is 4. The second-order valence-electron chi connectivity index (χ2n) is 4.75. The zero-order chi connectivity index (χ0) is 14.0. The van der Waals surface area contributed by atoms with Gasteiger partial charge in [0.2, 0.25) is 5.91 Å². The molecule has 104 valence electrons. The Balaban J connectivity index is 2.26. The molecule has 0 saturated carbocycles. The molecule has 0 aromatic heterocycles. The fraction of sp³-hybridized carbons (Fsp3) is 0.500. The number of hydrogen-bond donors (Lipinski definition) is 0. The molecule has 1 aromatic rings. The quantitative estimate of drug-likeness (QED) is 0.841. The van der Waals surface area contributed by atoms with E-state index in [9.17, 15) is 13.6 Å². The fourth-order valence-corrected chi connectivity index (χ4v) is 2.52. The van der Waals surface area contributed by atoms with Crippen LogP contribution in [0.4, 0.5) is 8.78 Å². The molecule has 3 nitrogen and oxygen atoms in total. The van der Waals surface area contributed by atoms with E-state index in [2.05, 4.69) is 0 Å². The lowest BCUT2D eigenvalue weighted by molar-refractivity contribution is -0.127. The summed E-state index contributed by atoms with van der Waals surface area (Å²) in [7, 11) is 1.36. The monoisotopic (exact) mass is 269 g/mol. The van der Waals surface area contributed by atoms with E-state index in [0.717, 1.165) is 18.6 Å². The van der Waals surface area contributed by atoms with E-state index in [0.29, 0.717) is 13.1 Å². The van der Waals surface area contributed by atoms with Crippen molar-refractivity contribution in [3.8, 4) is 5.75 Å². The SMILES string of the molecule is CCCN1C[C@@H](c2c(F)cc(OC)cc2F)CC1=O. The van der Waals surface area contributed by atoms with Gasteiger partial charge in [0.15, 0.2) is 0 Å². The van der Waals surface area contributed by atoms with Gasteiger partial charge in [-0.2, -0.15) is 0 Å². The van der Waals surface area contributed by atoms with Crippen molar-refractivity contribution in [2.75, 3.05) is 20.2 Å². The van der Waals surface area contributed by atoms with Crippen molar-refractivity contribution in [2.24, 2.45) is 0 Å². The van der Waals surface area contributed by atoms with Crippen LogP contribution in [0, 0.1) is 11.6 Å². The molecule has 1 aromatic carbocycles. The van der Waals surface area contributed by atoms with Gasteiger partial charge in [-0.3, -0.25) is 4.79 Å². The second kappa shape index (κ2) is 5.55. The number of carbonyl (C=O) groups excluding carboxylic acids is 1. The summed E-state index contributed by atoms with van der Waals surface area (Å²) in [6, 6.07) is 2.32. The van der Waals surface area contributed by atoms with Gasteiger partial charge in [-0.05, 0) is 6.42 Å². The molecule has 2 rings (SSSR count). The molecule has 0 bridgehead atoms. The molecule has 1 aliphatic rings. The van der Waals surface area contributed by atoms with E-state index < -0.39 is 17.6 Å². The largest absolute Gasteiger partial charge is 0.497 e. The molecule has 0 radical (unpaired) electrons. The van der Waals surface area contributed by atoms with Crippen molar-refractivity contribution in [2.45, 2.75) is 25.7 Å². The summed E-state index contributed by atoms with van der Waals surface area (Å²) in [5.74, 6) is -1.60. The average Bonchev–Trinajstić information content (AvgIpc) is 2.70. The Bertz CT molecular complexity index is 467. The van der Waals surface area contributed by atoms with Crippen molar-refractivity contribution in [3.63, 3.8) is 0 Å². The van der Waals surface area contributed by atoms with Crippen LogP contribution in [0.3, 0.4) is 0 Å². The first-order valence-corrected chi connectivity index (χ1v) is 6.37. The summed E-state index contributed by atoms with van der Waals surface area (Å²) < 4.78 is 32.7. The minimum absolute atomic E-state index is 0.00671. The Morgan fingerprint density at radius 1 is 1.37 bits per heavy atom. The van der Waals surface area contributed by atoms with Crippen LogP contribution in [0.15, 0.2) is 12.1 Å². The lowest BCUT2D eigenvalue weighted by Gasteiger charge is -2.16. The predicted octanol–water partition coefficient (Wildman–Crippen LogP) is 2.70. The van der Waals surface area contributed by atoms with Gasteiger partial charge in [-0.25, -0.2) is 8.78 Å². The van der Waals surface area contributed by atoms with Crippen molar-refractivity contribution in [3.05, 3.63) is 29.3 Å². The van der Waals surface area contributed by atoms with Crippen LogP contribution in [-0.2, 0) is 4.79 Å². The Labute approximate surface area is 111 Å². The molecule has 1 atom stereocenters. The minimum Gasteiger partial charge on any atom is -0.497 e. The van der Waals surface area contributed by atoms with Crippen LogP contribution in [0.5, 0.6) is 5.75 Å². The Hall–Kier alpha value is -1.65. The Morgan fingerprint density at radius 2 is 2.00 bits per heavy atom. The molecule has 0 aliphatic carbocycles. The number of benzene rings is 1. The summed E-state index contributed by atoms with van der Waals surface area (Å²) in [6.07, 6.45) is 1.01. The van der Waals surface area contributed by atoms with Crippen LogP contribution in [0.1, 0.15) is 31.2 Å². The van der Waals surface area contributed by atoms with E-state index in [1.807, 2.05) is 6.92 Å². The zero-order valence-electron chi connectivity index (χ0n) is 11.1. The summed E-state index contributed by atoms with van der Waals surface area (Å²) in [4.78, 5) is 13.4. The topological polar surface area (TPSA) is 29.5 Å². The average molecular weight is 269 g/mol. The highest BCUT2D eigenvalue weighted by Gasteiger charge is 2.33. The Kier molecular flexibility index (Phi) is 4.02. The number of hydrogen-bond acceptors (Lipinski definition) is 2. The van der Waals surface area contributed by atoms with Gasteiger partial charge >= 0.3 is 0 Å². The van der Waals surface area contributed by atoms with E-state index in [-0.39, 0.29) is 23.6 Å². The predicted molar refractivity (Wildman–Crippen MR) is 67.1 cm³/mol. The molecule has 1 saturated heterocycles. The van der Waals surface area contributed by atoms with Crippen molar-refractivity contribution >= 4 is 5.91 Å². The maximum atomic E-state index is 13.9. The highest BCUT2D eigenvalue weighted by atomic mass is 19.1. The number of methoxy groups -OCH3 is 1. The second-order valence-corrected chi connectivity index (χ2v) is 4.75. The van der Waals surface area contributed by atoms with E-state index in [1.165, 1.54) is 7.11 Å². The number of ether oxygens (including phenoxy) is 1. The maximum absolute atomic E-state index is 13.9. The normalized spacial score (nSPS) is 19.1. The van der Waals surface area contributed by atoms with Gasteiger partial charge in [0.05, 0.1) is 7.11 Å². The smallest absolute Gasteiger partial charge is 0.223 e. The van der Waals surface area contributed by atoms with E-state index in [4.69, 9.17) is 4.74 Å². The number of nitrogens with zero attached hydrogens (tertiary/aromatic N) is 1. The van der Waals surface area contributed by atoms with Crippen LogP contribution < -0.4 is 4.74 Å². The minimum atomic E-state index is -0.645. The molecule has 0 unspecified atom stereocenters. The molecule has 1 aliphatic heterocycles. The molecule has 1 amide bonds. The zero-order valence-corrected chi connectivity index (χ0v) is 11.1. The Morgan fingerprint density at radius 3 is 2.53 bits per heavy atom. The molecule has 0 N–H and O–H groups in total. The lowest BCUT2D eigenvalue weighted by Crippen LogP contribution is -2.25. The highest BCUT2D eigenvalue weighted by molar-refractivity contribution is 5.79. The molecule has 1 heterocycles. The van der Waals surface area contributed by atoms with E-state index in [1.54, 1.807) is 4.90 Å². The van der Waals surface area contributed by atoms with Gasteiger partial charge in [-0.15, -0.1) is 0 Å². The summed E-state index contributed by atoms with van der Waals surface area (Å²) in [5.41, 5.74) is -0.00671. The summed E-state index contributed by atoms with van der Waals surface area (Å²) >= 11 is 0. The first-order chi connectivity index (χ1) is 9.06. The van der Waals surface area contributed by atoms with Crippen LogP contribution >= 0.6 is 0 Å². The number of likely N-dealkylation sites (tertiary alicyclic amines) is 1. The maximum Gasteiger partial charge on any atom is 0.223 e. The van der Waals surface area contributed by atoms with Gasteiger partial charge in [0.25, 0.3) is 0 Å². The van der Waals surface area contributed by atoms with Gasteiger partial charge < -0.3 is 9.64 Å². The molecule has 5 heteroatoms. The molecule has 0 spiro atoms. The van der Waals surface area contributed by atoms with Crippen molar-refractivity contribution < 1.29 is 18.3 Å². The third-order valence-electron chi connectivity index (χ3n) is 3.40. The highest BCUT2D eigenvalue weighted by Crippen LogP contribution is 2.33. The molecular weight excluding hydrogens is 252 g/mol. The third kappa shape index (κ3) is 2.69. The van der Waals surface area contributed by atoms with Gasteiger partial charge in [0.1, 0.15) is 17.4 Å².